The molecule has 0 spiro atoms. The zero-order chi connectivity index (χ0) is 21.9. The van der Waals surface area contributed by atoms with Gasteiger partial charge in [-0.15, -0.1) is 0 Å². The fourth-order valence-corrected chi connectivity index (χ4v) is 5.13. The number of sulfonamides is 1. The summed E-state index contributed by atoms with van der Waals surface area (Å²) < 4.78 is 27.7. The molecule has 1 aliphatic rings. The van der Waals surface area contributed by atoms with Crippen LogP contribution in [0.15, 0.2) is 53.4 Å². The molecular formula is C22H26N2O5S. The number of hydrogen-bond donors (Lipinski definition) is 2. The van der Waals surface area contributed by atoms with Gasteiger partial charge in [0.15, 0.2) is 0 Å². The van der Waals surface area contributed by atoms with Crippen molar-refractivity contribution >= 4 is 27.6 Å². The van der Waals surface area contributed by atoms with E-state index in [1.165, 1.54) is 28.6 Å². The maximum absolute atomic E-state index is 13.2. The molecule has 30 heavy (non-hydrogen) atoms. The van der Waals surface area contributed by atoms with Gasteiger partial charge in [-0.05, 0) is 61.1 Å². The van der Waals surface area contributed by atoms with Gasteiger partial charge in [-0.25, -0.2) is 13.2 Å². The molecule has 2 aromatic carbocycles. The number of rotatable bonds is 7. The monoisotopic (exact) mass is 430 g/mol. The highest BCUT2D eigenvalue weighted by Crippen LogP contribution is 2.31. The van der Waals surface area contributed by atoms with Crippen molar-refractivity contribution in [1.29, 1.82) is 0 Å². The van der Waals surface area contributed by atoms with E-state index in [4.69, 9.17) is 0 Å². The number of aliphatic carboxylic acids is 1. The lowest BCUT2D eigenvalue weighted by molar-refractivity contribution is -0.139. The Morgan fingerprint density at radius 2 is 1.77 bits per heavy atom. The summed E-state index contributed by atoms with van der Waals surface area (Å²) in [5.74, 6) is -1.54. The van der Waals surface area contributed by atoms with E-state index in [2.05, 4.69) is 5.32 Å². The van der Waals surface area contributed by atoms with Crippen molar-refractivity contribution in [3.8, 4) is 0 Å². The lowest BCUT2D eigenvalue weighted by Crippen LogP contribution is -2.41. The Kier molecular flexibility index (Phi) is 6.45. The van der Waals surface area contributed by atoms with Gasteiger partial charge in [-0.1, -0.05) is 32.0 Å². The van der Waals surface area contributed by atoms with Crippen LogP contribution in [0.4, 0.5) is 5.69 Å². The first kappa shape index (κ1) is 21.8. The molecule has 3 rings (SSSR count). The highest BCUT2D eigenvalue weighted by Gasteiger charge is 2.29. The van der Waals surface area contributed by atoms with Crippen molar-refractivity contribution in [2.75, 3.05) is 10.8 Å². The summed E-state index contributed by atoms with van der Waals surface area (Å²) >= 11 is 0. The fourth-order valence-electron chi connectivity index (χ4n) is 3.59. The zero-order valence-corrected chi connectivity index (χ0v) is 17.9. The molecule has 160 valence electrons. The number of carboxylic acids is 1. The Hall–Kier alpha value is -2.87. The van der Waals surface area contributed by atoms with Crippen molar-refractivity contribution in [3.63, 3.8) is 0 Å². The summed E-state index contributed by atoms with van der Waals surface area (Å²) in [6.07, 6.45) is 1.88. The molecule has 0 radical (unpaired) electrons. The zero-order valence-electron chi connectivity index (χ0n) is 17.0. The molecule has 1 heterocycles. The van der Waals surface area contributed by atoms with E-state index in [9.17, 15) is 23.1 Å². The SMILES string of the molecule is CC(C)C[C@H](NC(=O)c1ccc(S(=O)(=O)N2CCCc3ccccc32)cc1)C(=O)O. The number of carbonyl (C=O) groups is 2. The van der Waals surface area contributed by atoms with E-state index in [0.29, 0.717) is 18.7 Å². The van der Waals surface area contributed by atoms with Crippen LogP contribution in [0, 0.1) is 5.92 Å². The molecule has 2 aromatic rings. The van der Waals surface area contributed by atoms with Gasteiger partial charge < -0.3 is 10.4 Å². The summed E-state index contributed by atoms with van der Waals surface area (Å²) in [5.41, 5.74) is 1.89. The summed E-state index contributed by atoms with van der Waals surface area (Å²) in [4.78, 5) is 23.9. The standard InChI is InChI=1S/C22H26N2O5S/c1-15(2)14-19(22(26)27)23-21(25)17-9-11-18(12-10-17)30(28,29)24-13-5-7-16-6-3-4-8-20(16)24/h3-4,6,8-12,15,19H,5,7,13-14H2,1-2H3,(H,23,25)(H,26,27)/t19-/m0/s1. The number of aryl methyl sites for hydroxylation is 1. The summed E-state index contributed by atoms with van der Waals surface area (Å²) in [5, 5.41) is 11.8. The Labute approximate surface area is 176 Å². The van der Waals surface area contributed by atoms with Gasteiger partial charge in [0.25, 0.3) is 15.9 Å². The molecule has 1 amide bonds. The molecular weight excluding hydrogens is 404 g/mol. The average Bonchev–Trinajstić information content (AvgIpc) is 2.72. The van der Waals surface area contributed by atoms with Gasteiger partial charge in [-0.2, -0.15) is 0 Å². The fraction of sp³-hybridized carbons (Fsp3) is 0.364. The minimum Gasteiger partial charge on any atom is -0.480 e. The maximum atomic E-state index is 13.2. The first-order valence-corrected chi connectivity index (χ1v) is 11.4. The number of hydrogen-bond acceptors (Lipinski definition) is 4. The van der Waals surface area contributed by atoms with Crippen molar-refractivity contribution in [2.24, 2.45) is 5.92 Å². The molecule has 0 saturated heterocycles. The van der Waals surface area contributed by atoms with Crippen LogP contribution in [-0.2, 0) is 21.2 Å². The molecule has 0 unspecified atom stereocenters. The van der Waals surface area contributed by atoms with Crippen molar-refractivity contribution in [2.45, 2.75) is 44.0 Å². The third-order valence-corrected chi connectivity index (χ3v) is 6.91. The Balaban J connectivity index is 1.80. The molecule has 1 atom stereocenters. The second-order valence-electron chi connectivity index (χ2n) is 7.83. The third-order valence-electron chi connectivity index (χ3n) is 5.08. The predicted molar refractivity (Wildman–Crippen MR) is 114 cm³/mol. The van der Waals surface area contributed by atoms with Crippen LogP contribution >= 0.6 is 0 Å². The lowest BCUT2D eigenvalue weighted by atomic mass is 10.0. The van der Waals surface area contributed by atoms with E-state index in [-0.39, 0.29) is 16.4 Å². The van der Waals surface area contributed by atoms with Gasteiger partial charge >= 0.3 is 5.97 Å². The molecule has 1 aliphatic heterocycles. The van der Waals surface area contributed by atoms with Crippen LogP contribution < -0.4 is 9.62 Å². The van der Waals surface area contributed by atoms with Gasteiger partial charge in [0, 0.05) is 12.1 Å². The highest BCUT2D eigenvalue weighted by molar-refractivity contribution is 7.92. The topological polar surface area (TPSA) is 104 Å². The van der Waals surface area contributed by atoms with Crippen LogP contribution in [-0.4, -0.2) is 38.0 Å². The number of benzene rings is 2. The van der Waals surface area contributed by atoms with Crippen LogP contribution in [0.25, 0.3) is 0 Å². The number of fused-ring (bicyclic) bond motifs is 1. The molecule has 7 nitrogen and oxygen atoms in total. The molecule has 2 N–H and O–H groups in total. The van der Waals surface area contributed by atoms with Crippen molar-refractivity contribution < 1.29 is 23.1 Å². The number of amides is 1. The van der Waals surface area contributed by atoms with E-state index >= 15 is 0 Å². The quantitative estimate of drug-likeness (QED) is 0.703. The highest BCUT2D eigenvalue weighted by atomic mass is 32.2. The van der Waals surface area contributed by atoms with E-state index in [1.807, 2.05) is 32.0 Å². The maximum Gasteiger partial charge on any atom is 0.326 e. The van der Waals surface area contributed by atoms with Gasteiger partial charge in [0.2, 0.25) is 0 Å². The minimum atomic E-state index is -3.76. The Morgan fingerprint density at radius 3 is 2.40 bits per heavy atom. The van der Waals surface area contributed by atoms with E-state index in [0.717, 1.165) is 18.4 Å². The number of nitrogens with one attached hydrogen (secondary N) is 1. The molecule has 0 aromatic heterocycles. The first-order chi connectivity index (χ1) is 14.2. The summed E-state index contributed by atoms with van der Waals surface area (Å²) in [6.45, 7) is 4.15. The third kappa shape index (κ3) is 4.64. The minimum absolute atomic E-state index is 0.0905. The van der Waals surface area contributed by atoms with Gasteiger partial charge in [0.05, 0.1) is 10.6 Å². The molecule has 0 aliphatic carbocycles. The molecule has 0 bridgehead atoms. The normalized spacial score (nSPS) is 14.8. The van der Waals surface area contributed by atoms with Crippen LogP contribution in [0.1, 0.15) is 42.6 Å². The number of carbonyl (C=O) groups excluding carboxylic acids is 1. The lowest BCUT2D eigenvalue weighted by Gasteiger charge is -2.30. The van der Waals surface area contributed by atoms with Crippen molar-refractivity contribution in [1.82, 2.24) is 5.32 Å². The van der Waals surface area contributed by atoms with E-state index < -0.39 is 27.9 Å². The number of anilines is 1. The molecule has 0 saturated carbocycles. The average molecular weight is 431 g/mol. The largest absolute Gasteiger partial charge is 0.480 e. The molecule has 8 heteroatoms. The Bertz CT molecular complexity index is 1030. The second kappa shape index (κ2) is 8.87. The molecule has 0 fully saturated rings. The van der Waals surface area contributed by atoms with Crippen LogP contribution in [0.2, 0.25) is 0 Å². The number of nitrogens with zero attached hydrogens (tertiary/aromatic N) is 1. The Morgan fingerprint density at radius 1 is 1.10 bits per heavy atom. The predicted octanol–water partition coefficient (Wildman–Crippen LogP) is 3.06. The summed E-state index contributed by atoms with van der Waals surface area (Å²) in [7, 11) is -3.76. The van der Waals surface area contributed by atoms with E-state index in [1.54, 1.807) is 6.07 Å². The van der Waals surface area contributed by atoms with Crippen LogP contribution in [0.5, 0.6) is 0 Å². The number of para-hydroxylation sites is 1. The smallest absolute Gasteiger partial charge is 0.326 e. The van der Waals surface area contributed by atoms with Gasteiger partial charge in [0.1, 0.15) is 6.04 Å². The summed E-state index contributed by atoms with van der Waals surface area (Å²) in [6, 6.07) is 12.0. The van der Waals surface area contributed by atoms with Gasteiger partial charge in [-0.3, -0.25) is 9.10 Å². The second-order valence-corrected chi connectivity index (χ2v) is 9.69. The van der Waals surface area contributed by atoms with Crippen LogP contribution in [0.3, 0.4) is 0 Å². The number of carboxylic acid groups (broad SMARTS) is 1. The van der Waals surface area contributed by atoms with Crippen molar-refractivity contribution in [3.05, 3.63) is 59.7 Å². The first-order valence-electron chi connectivity index (χ1n) is 9.94.